The van der Waals surface area contributed by atoms with Gasteiger partial charge in [0.05, 0.1) is 0 Å². The zero-order valence-corrected chi connectivity index (χ0v) is 10.4. The molecule has 96 valence electrons. The standard InChI is InChI=1S/C15H10N4O/c16-9-10-7-8-18-15(19-10)20-14-6-5-13(17)11-3-1-2-4-12(11)14/h1-8H,17H2. The van der Waals surface area contributed by atoms with Gasteiger partial charge in [0.25, 0.3) is 0 Å². The van der Waals surface area contributed by atoms with Crippen molar-refractivity contribution in [2.75, 3.05) is 5.73 Å². The highest BCUT2D eigenvalue weighted by Gasteiger charge is 2.07. The second kappa shape index (κ2) is 4.86. The van der Waals surface area contributed by atoms with Crippen molar-refractivity contribution in [2.45, 2.75) is 0 Å². The van der Waals surface area contributed by atoms with Crippen LogP contribution >= 0.6 is 0 Å². The Bertz CT molecular complexity index is 823. The van der Waals surface area contributed by atoms with Gasteiger partial charge in [-0.2, -0.15) is 10.2 Å². The molecule has 0 fully saturated rings. The summed E-state index contributed by atoms with van der Waals surface area (Å²) in [6, 6.07) is 14.8. The average molecular weight is 262 g/mol. The number of hydrogen-bond acceptors (Lipinski definition) is 5. The summed E-state index contributed by atoms with van der Waals surface area (Å²) in [5.74, 6) is 0.602. The highest BCUT2D eigenvalue weighted by Crippen LogP contribution is 2.31. The van der Waals surface area contributed by atoms with E-state index in [0.29, 0.717) is 11.4 Å². The van der Waals surface area contributed by atoms with Crippen LogP contribution in [-0.2, 0) is 0 Å². The SMILES string of the molecule is N#Cc1ccnc(Oc2ccc(N)c3ccccc23)n1. The summed E-state index contributed by atoms with van der Waals surface area (Å²) >= 11 is 0. The molecule has 20 heavy (non-hydrogen) atoms. The van der Waals surface area contributed by atoms with Crippen molar-refractivity contribution < 1.29 is 4.74 Å². The fourth-order valence-electron chi connectivity index (χ4n) is 1.93. The molecule has 1 heterocycles. The van der Waals surface area contributed by atoms with Crippen LogP contribution in [0.5, 0.6) is 11.8 Å². The zero-order chi connectivity index (χ0) is 13.9. The van der Waals surface area contributed by atoms with Gasteiger partial charge in [-0.25, -0.2) is 4.98 Å². The Hall–Kier alpha value is -3.13. The molecule has 0 saturated heterocycles. The van der Waals surface area contributed by atoms with Gasteiger partial charge in [0.15, 0.2) is 0 Å². The van der Waals surface area contributed by atoms with E-state index in [2.05, 4.69) is 9.97 Å². The Balaban J connectivity index is 2.07. The molecule has 3 aromatic rings. The molecule has 0 aliphatic heterocycles. The summed E-state index contributed by atoms with van der Waals surface area (Å²) in [6.45, 7) is 0. The smallest absolute Gasteiger partial charge is 0.323 e. The first-order valence-electron chi connectivity index (χ1n) is 5.96. The molecule has 5 nitrogen and oxygen atoms in total. The van der Waals surface area contributed by atoms with Crippen molar-refractivity contribution in [3.05, 3.63) is 54.4 Å². The quantitative estimate of drug-likeness (QED) is 0.718. The Kier molecular flexibility index (Phi) is 2.90. The van der Waals surface area contributed by atoms with Crippen LogP contribution in [0.4, 0.5) is 5.69 Å². The maximum absolute atomic E-state index is 8.82. The number of nitrogen functional groups attached to an aromatic ring is 1. The minimum atomic E-state index is 0.138. The molecule has 1 aromatic heterocycles. The number of hydrogen-bond donors (Lipinski definition) is 1. The molecule has 0 bridgehead atoms. The Morgan fingerprint density at radius 1 is 1.05 bits per heavy atom. The van der Waals surface area contributed by atoms with Gasteiger partial charge >= 0.3 is 6.01 Å². The summed E-state index contributed by atoms with van der Waals surface area (Å²) in [6.07, 6.45) is 1.49. The van der Waals surface area contributed by atoms with Gasteiger partial charge in [-0.15, -0.1) is 0 Å². The topological polar surface area (TPSA) is 84.8 Å². The monoisotopic (exact) mass is 262 g/mol. The van der Waals surface area contributed by atoms with Gasteiger partial charge in [-0.3, -0.25) is 0 Å². The van der Waals surface area contributed by atoms with Gasteiger partial charge in [0, 0.05) is 22.7 Å². The molecular weight excluding hydrogens is 252 g/mol. The fourth-order valence-corrected chi connectivity index (χ4v) is 1.93. The van der Waals surface area contributed by atoms with Crippen molar-refractivity contribution in [3.8, 4) is 17.8 Å². The van der Waals surface area contributed by atoms with Crippen LogP contribution in [-0.4, -0.2) is 9.97 Å². The molecule has 0 amide bonds. The predicted molar refractivity (Wildman–Crippen MR) is 75.2 cm³/mol. The summed E-state index contributed by atoms with van der Waals surface area (Å²) in [4.78, 5) is 7.99. The number of fused-ring (bicyclic) bond motifs is 1. The van der Waals surface area contributed by atoms with E-state index < -0.39 is 0 Å². The maximum atomic E-state index is 8.82. The third-order valence-corrected chi connectivity index (χ3v) is 2.87. The van der Waals surface area contributed by atoms with Gasteiger partial charge < -0.3 is 10.5 Å². The van der Waals surface area contributed by atoms with Crippen LogP contribution in [0.25, 0.3) is 10.8 Å². The predicted octanol–water partition coefficient (Wildman–Crippen LogP) is 2.88. The number of anilines is 1. The third kappa shape index (κ3) is 2.10. The Morgan fingerprint density at radius 2 is 1.85 bits per heavy atom. The summed E-state index contributed by atoms with van der Waals surface area (Å²) < 4.78 is 5.66. The molecule has 0 aliphatic carbocycles. The second-order valence-corrected chi connectivity index (χ2v) is 4.14. The second-order valence-electron chi connectivity index (χ2n) is 4.14. The summed E-state index contributed by atoms with van der Waals surface area (Å²) in [5.41, 5.74) is 6.87. The van der Waals surface area contributed by atoms with Crippen LogP contribution in [0.2, 0.25) is 0 Å². The lowest BCUT2D eigenvalue weighted by atomic mass is 10.1. The van der Waals surface area contributed by atoms with Crippen molar-refractivity contribution in [2.24, 2.45) is 0 Å². The van der Waals surface area contributed by atoms with E-state index in [9.17, 15) is 0 Å². The van der Waals surface area contributed by atoms with Crippen LogP contribution in [0.3, 0.4) is 0 Å². The van der Waals surface area contributed by atoms with E-state index in [0.717, 1.165) is 10.8 Å². The highest BCUT2D eigenvalue weighted by molar-refractivity contribution is 5.97. The lowest BCUT2D eigenvalue weighted by molar-refractivity contribution is 0.446. The lowest BCUT2D eigenvalue weighted by Gasteiger charge is -2.09. The molecule has 2 aromatic carbocycles. The van der Waals surface area contributed by atoms with Crippen LogP contribution in [0.1, 0.15) is 5.69 Å². The van der Waals surface area contributed by atoms with Gasteiger partial charge in [-0.1, -0.05) is 24.3 Å². The van der Waals surface area contributed by atoms with E-state index in [1.54, 1.807) is 12.1 Å². The molecular formula is C15H10N4O. The Morgan fingerprint density at radius 3 is 2.65 bits per heavy atom. The molecule has 5 heteroatoms. The van der Waals surface area contributed by atoms with Crippen molar-refractivity contribution in [3.63, 3.8) is 0 Å². The first kappa shape index (κ1) is 11.9. The summed E-state index contributed by atoms with van der Waals surface area (Å²) in [5, 5.41) is 10.6. The molecule has 0 atom stereocenters. The number of ether oxygens (including phenoxy) is 1. The van der Waals surface area contributed by atoms with Gasteiger partial charge in [0.1, 0.15) is 17.5 Å². The average Bonchev–Trinajstić information content (AvgIpc) is 2.51. The fraction of sp³-hybridized carbons (Fsp3) is 0. The van der Waals surface area contributed by atoms with Crippen LogP contribution in [0.15, 0.2) is 48.7 Å². The van der Waals surface area contributed by atoms with Crippen molar-refractivity contribution in [1.82, 2.24) is 9.97 Å². The molecule has 2 N–H and O–H groups in total. The maximum Gasteiger partial charge on any atom is 0.323 e. The van der Waals surface area contributed by atoms with E-state index in [-0.39, 0.29) is 11.7 Å². The molecule has 3 rings (SSSR count). The minimum Gasteiger partial charge on any atom is -0.424 e. The number of aromatic nitrogens is 2. The van der Waals surface area contributed by atoms with Crippen LogP contribution < -0.4 is 10.5 Å². The highest BCUT2D eigenvalue weighted by atomic mass is 16.5. The van der Waals surface area contributed by atoms with Crippen molar-refractivity contribution >= 4 is 16.5 Å². The van der Waals surface area contributed by atoms with Crippen LogP contribution in [0, 0.1) is 11.3 Å². The van der Waals surface area contributed by atoms with Gasteiger partial charge in [0.2, 0.25) is 0 Å². The molecule has 0 spiro atoms. The van der Waals surface area contributed by atoms with Gasteiger partial charge in [-0.05, 0) is 18.2 Å². The minimum absolute atomic E-state index is 0.138. The lowest BCUT2D eigenvalue weighted by Crippen LogP contribution is -1.95. The number of rotatable bonds is 2. The molecule has 0 aliphatic rings. The molecule has 0 radical (unpaired) electrons. The number of nitrogens with zero attached hydrogens (tertiary/aromatic N) is 3. The number of benzene rings is 2. The third-order valence-electron chi connectivity index (χ3n) is 2.87. The number of nitrogens with two attached hydrogens (primary N) is 1. The molecule has 0 saturated carbocycles. The molecule has 0 unspecified atom stereocenters. The van der Waals surface area contributed by atoms with E-state index >= 15 is 0 Å². The van der Waals surface area contributed by atoms with E-state index in [1.807, 2.05) is 30.3 Å². The normalized spacial score (nSPS) is 10.2. The zero-order valence-electron chi connectivity index (χ0n) is 10.4. The summed E-state index contributed by atoms with van der Waals surface area (Å²) in [7, 11) is 0. The van der Waals surface area contributed by atoms with E-state index in [1.165, 1.54) is 12.3 Å². The first-order chi connectivity index (χ1) is 9.78. The Labute approximate surface area is 115 Å². The van der Waals surface area contributed by atoms with E-state index in [4.69, 9.17) is 15.7 Å². The first-order valence-corrected chi connectivity index (χ1v) is 5.96. The number of nitriles is 1. The van der Waals surface area contributed by atoms with Crippen molar-refractivity contribution in [1.29, 1.82) is 5.26 Å². The largest absolute Gasteiger partial charge is 0.424 e.